The van der Waals surface area contributed by atoms with Gasteiger partial charge in [0.05, 0.1) is 5.57 Å². The Hall–Kier alpha value is -1.62. The van der Waals surface area contributed by atoms with Gasteiger partial charge in [0.15, 0.2) is 0 Å². The summed E-state index contributed by atoms with van der Waals surface area (Å²) in [5.41, 5.74) is 1.32. The molecule has 1 saturated heterocycles. The number of carbonyl (C=O) groups is 2. The van der Waals surface area contributed by atoms with Crippen molar-refractivity contribution in [1.29, 1.82) is 0 Å². The molecule has 2 amide bonds. The van der Waals surface area contributed by atoms with E-state index in [1.165, 1.54) is 19.3 Å². The van der Waals surface area contributed by atoms with Crippen molar-refractivity contribution in [3.05, 3.63) is 28.1 Å². The van der Waals surface area contributed by atoms with Crippen LogP contribution in [-0.2, 0) is 9.59 Å². The first-order chi connectivity index (χ1) is 13.1. The molecule has 2 atom stereocenters. The summed E-state index contributed by atoms with van der Waals surface area (Å²) in [4.78, 5) is 31.8. The van der Waals surface area contributed by atoms with Crippen molar-refractivity contribution in [2.75, 3.05) is 13.1 Å². The number of thiophene rings is 1. The Morgan fingerprint density at radius 3 is 2.22 bits per heavy atom. The number of amides is 2. The molecule has 0 bridgehead atoms. The van der Waals surface area contributed by atoms with E-state index < -0.39 is 0 Å². The van der Waals surface area contributed by atoms with Crippen LogP contribution >= 0.6 is 11.3 Å². The van der Waals surface area contributed by atoms with Crippen LogP contribution in [0.3, 0.4) is 0 Å². The molecule has 0 N–H and O–H groups in total. The van der Waals surface area contributed by atoms with Gasteiger partial charge in [0.25, 0.3) is 11.8 Å². The molecule has 1 saturated carbocycles. The number of carbonyl (C=O) groups excluding carboxylic acids is 2. The molecule has 4 rings (SSSR count). The minimum atomic E-state index is -0.0600. The molecule has 1 aliphatic carbocycles. The third kappa shape index (κ3) is 3.58. The molecule has 146 valence electrons. The molecule has 3 heterocycles. The number of piperidine rings is 1. The Balaban J connectivity index is 1.72. The topological polar surface area (TPSA) is 40.6 Å². The van der Waals surface area contributed by atoms with Crippen LogP contribution in [0.2, 0.25) is 0 Å². The predicted octanol–water partition coefficient (Wildman–Crippen LogP) is 4.53. The lowest BCUT2D eigenvalue weighted by Crippen LogP contribution is -2.44. The molecule has 4 nitrogen and oxygen atoms in total. The van der Waals surface area contributed by atoms with Crippen LogP contribution in [0.1, 0.15) is 63.7 Å². The number of nitrogens with zero attached hydrogens (tertiary/aromatic N) is 2. The highest BCUT2D eigenvalue weighted by molar-refractivity contribution is 7.11. The summed E-state index contributed by atoms with van der Waals surface area (Å²) < 4.78 is 0. The summed E-state index contributed by atoms with van der Waals surface area (Å²) in [6.45, 7) is 6.23. The van der Waals surface area contributed by atoms with E-state index in [2.05, 4.69) is 18.7 Å². The van der Waals surface area contributed by atoms with E-state index in [0.717, 1.165) is 43.6 Å². The zero-order valence-corrected chi connectivity index (χ0v) is 17.3. The largest absolute Gasteiger partial charge is 0.366 e. The molecular weight excluding hydrogens is 356 g/mol. The predicted molar refractivity (Wildman–Crippen MR) is 109 cm³/mol. The lowest BCUT2D eigenvalue weighted by molar-refractivity contribution is -0.140. The number of rotatable bonds is 3. The maximum atomic E-state index is 13.6. The molecule has 2 fully saturated rings. The quantitative estimate of drug-likeness (QED) is 0.566. The van der Waals surface area contributed by atoms with Gasteiger partial charge in [0.2, 0.25) is 0 Å². The van der Waals surface area contributed by atoms with Crippen LogP contribution in [-0.4, -0.2) is 40.7 Å². The normalized spacial score (nSPS) is 28.2. The second-order valence-electron chi connectivity index (χ2n) is 8.68. The first kappa shape index (κ1) is 18.7. The van der Waals surface area contributed by atoms with Crippen molar-refractivity contribution in [3.63, 3.8) is 0 Å². The average Bonchev–Trinajstić information content (AvgIpc) is 3.12. The van der Waals surface area contributed by atoms with Gasteiger partial charge in [-0.3, -0.25) is 14.5 Å². The molecule has 2 unspecified atom stereocenters. The van der Waals surface area contributed by atoms with Crippen molar-refractivity contribution in [3.8, 4) is 0 Å². The Morgan fingerprint density at radius 2 is 1.63 bits per heavy atom. The summed E-state index contributed by atoms with van der Waals surface area (Å²) >= 11 is 1.56. The number of likely N-dealkylation sites (tertiary alicyclic amines) is 1. The van der Waals surface area contributed by atoms with Crippen LogP contribution in [0.4, 0.5) is 0 Å². The highest BCUT2D eigenvalue weighted by atomic mass is 32.1. The van der Waals surface area contributed by atoms with Crippen molar-refractivity contribution in [2.45, 2.75) is 64.8 Å². The standard InChI is InChI=1S/C22H30N2O2S/c1-15-12-16(2)14-23(13-15)20-19(18-10-7-11-27-18)21(25)24(22(20)26)17-8-5-3-4-6-9-17/h7,10-11,15-17H,3-6,8-9,12-14H2,1-2H3. The molecule has 1 aromatic rings. The van der Waals surface area contributed by atoms with Crippen LogP contribution in [0, 0.1) is 11.8 Å². The number of hydrogen-bond donors (Lipinski definition) is 0. The third-order valence-electron chi connectivity index (χ3n) is 6.23. The van der Waals surface area contributed by atoms with Crippen molar-refractivity contribution in [1.82, 2.24) is 9.80 Å². The van der Waals surface area contributed by atoms with Gasteiger partial charge in [-0.25, -0.2) is 0 Å². The van der Waals surface area contributed by atoms with Crippen molar-refractivity contribution in [2.24, 2.45) is 11.8 Å². The lowest BCUT2D eigenvalue weighted by Gasteiger charge is -2.37. The second kappa shape index (κ2) is 7.78. The second-order valence-corrected chi connectivity index (χ2v) is 9.63. The van der Waals surface area contributed by atoms with Crippen LogP contribution in [0.25, 0.3) is 5.57 Å². The highest BCUT2D eigenvalue weighted by Crippen LogP contribution is 2.39. The fourth-order valence-corrected chi connectivity index (χ4v) is 5.93. The Kier molecular flexibility index (Phi) is 5.40. The van der Waals surface area contributed by atoms with Crippen LogP contribution in [0.5, 0.6) is 0 Å². The Labute approximate surface area is 166 Å². The average molecular weight is 387 g/mol. The lowest BCUT2D eigenvalue weighted by atomic mass is 9.91. The van der Waals surface area contributed by atoms with Crippen LogP contribution < -0.4 is 0 Å². The van der Waals surface area contributed by atoms with E-state index in [0.29, 0.717) is 23.1 Å². The summed E-state index contributed by atoms with van der Waals surface area (Å²) in [6.07, 6.45) is 7.75. The van der Waals surface area contributed by atoms with Crippen LogP contribution in [0.15, 0.2) is 23.2 Å². The van der Waals surface area contributed by atoms with Gasteiger partial charge in [0, 0.05) is 24.0 Å². The van der Waals surface area contributed by atoms with E-state index in [1.807, 2.05) is 17.5 Å². The maximum Gasteiger partial charge on any atom is 0.278 e. The van der Waals surface area contributed by atoms with Gasteiger partial charge in [0.1, 0.15) is 5.70 Å². The van der Waals surface area contributed by atoms with Gasteiger partial charge in [-0.2, -0.15) is 0 Å². The van der Waals surface area contributed by atoms with E-state index in [4.69, 9.17) is 0 Å². The van der Waals surface area contributed by atoms with Gasteiger partial charge >= 0.3 is 0 Å². The summed E-state index contributed by atoms with van der Waals surface area (Å²) in [5, 5.41) is 1.99. The number of imide groups is 1. The molecule has 0 spiro atoms. The van der Waals surface area contributed by atoms with E-state index in [9.17, 15) is 9.59 Å². The first-order valence-corrected chi connectivity index (χ1v) is 11.3. The summed E-state index contributed by atoms with van der Waals surface area (Å²) in [6, 6.07) is 4.02. The maximum absolute atomic E-state index is 13.6. The molecule has 0 aromatic carbocycles. The van der Waals surface area contributed by atoms with Gasteiger partial charge in [-0.15, -0.1) is 11.3 Å². The van der Waals surface area contributed by atoms with Crippen molar-refractivity contribution >= 4 is 28.7 Å². The Bertz CT molecular complexity index is 722. The van der Waals surface area contributed by atoms with E-state index in [-0.39, 0.29) is 17.9 Å². The molecule has 0 radical (unpaired) electrons. The minimum absolute atomic E-state index is 0.0448. The van der Waals surface area contributed by atoms with Gasteiger partial charge < -0.3 is 4.90 Å². The smallest absolute Gasteiger partial charge is 0.278 e. The highest BCUT2D eigenvalue weighted by Gasteiger charge is 2.45. The molecule has 27 heavy (non-hydrogen) atoms. The number of hydrogen-bond acceptors (Lipinski definition) is 4. The fraction of sp³-hybridized carbons (Fsp3) is 0.636. The van der Waals surface area contributed by atoms with Gasteiger partial charge in [-0.05, 0) is 42.5 Å². The summed E-state index contributed by atoms with van der Waals surface area (Å²) in [5.74, 6) is 0.980. The zero-order chi connectivity index (χ0) is 19.0. The third-order valence-corrected chi connectivity index (χ3v) is 7.12. The SMILES string of the molecule is CC1CC(C)CN(C2=C(c3cccs3)C(=O)N(C3CCCCCC3)C2=O)C1. The molecule has 2 aliphatic heterocycles. The fourth-order valence-electron chi connectivity index (χ4n) is 5.16. The Morgan fingerprint density at radius 1 is 0.963 bits per heavy atom. The molecule has 3 aliphatic rings. The zero-order valence-electron chi connectivity index (χ0n) is 16.4. The molecule has 1 aromatic heterocycles. The summed E-state index contributed by atoms with van der Waals surface area (Å²) in [7, 11) is 0. The molecular formula is C22H30N2O2S. The van der Waals surface area contributed by atoms with Crippen molar-refractivity contribution < 1.29 is 9.59 Å². The molecule has 5 heteroatoms. The van der Waals surface area contributed by atoms with E-state index >= 15 is 0 Å². The van der Waals surface area contributed by atoms with Gasteiger partial charge in [-0.1, -0.05) is 45.6 Å². The monoisotopic (exact) mass is 386 g/mol. The first-order valence-electron chi connectivity index (χ1n) is 10.5. The van der Waals surface area contributed by atoms with E-state index in [1.54, 1.807) is 16.2 Å². The minimum Gasteiger partial charge on any atom is -0.366 e.